The van der Waals surface area contributed by atoms with Crippen molar-refractivity contribution in [1.29, 1.82) is 0 Å². The second-order valence-electron chi connectivity index (χ2n) is 6.02. The highest BCUT2D eigenvalue weighted by Crippen LogP contribution is 2.19. The zero-order chi connectivity index (χ0) is 16.9. The zero-order valence-corrected chi connectivity index (χ0v) is 13.9. The molecule has 2 aromatic carbocycles. The van der Waals surface area contributed by atoms with Gasteiger partial charge in [0, 0.05) is 23.0 Å². The standard InChI is InChI=1S/C21H20N2O/c1-15(2)16-10-12-19(13-11-16)23-21(24)18-8-6-17(7-9-18)20-5-3-4-14-22-20/h3-15H,1-2H3,(H,23,24). The molecule has 0 radical (unpaired) electrons. The molecule has 3 nitrogen and oxygen atoms in total. The number of nitrogens with zero attached hydrogens (tertiary/aromatic N) is 1. The van der Waals surface area contributed by atoms with Crippen LogP contribution in [0.2, 0.25) is 0 Å². The van der Waals surface area contributed by atoms with Crippen LogP contribution in [0.5, 0.6) is 0 Å². The number of aromatic nitrogens is 1. The van der Waals surface area contributed by atoms with Gasteiger partial charge >= 0.3 is 0 Å². The Morgan fingerprint density at radius 2 is 1.62 bits per heavy atom. The third-order valence-electron chi connectivity index (χ3n) is 3.94. The predicted molar refractivity (Wildman–Crippen MR) is 98.2 cm³/mol. The smallest absolute Gasteiger partial charge is 0.255 e. The number of hydrogen-bond acceptors (Lipinski definition) is 2. The molecule has 120 valence electrons. The largest absolute Gasteiger partial charge is 0.322 e. The van der Waals surface area contributed by atoms with Gasteiger partial charge in [-0.05, 0) is 47.9 Å². The van der Waals surface area contributed by atoms with E-state index in [1.807, 2.05) is 66.7 Å². The van der Waals surface area contributed by atoms with Crippen LogP contribution in [0.4, 0.5) is 5.69 Å². The SMILES string of the molecule is CC(C)c1ccc(NC(=O)c2ccc(-c3ccccn3)cc2)cc1. The monoisotopic (exact) mass is 316 g/mol. The van der Waals surface area contributed by atoms with Gasteiger partial charge in [-0.15, -0.1) is 0 Å². The molecule has 0 aliphatic rings. The van der Waals surface area contributed by atoms with Crippen molar-refractivity contribution in [2.45, 2.75) is 19.8 Å². The van der Waals surface area contributed by atoms with Crippen LogP contribution in [0.1, 0.15) is 35.7 Å². The van der Waals surface area contributed by atoms with Crippen molar-refractivity contribution >= 4 is 11.6 Å². The van der Waals surface area contributed by atoms with Gasteiger partial charge in [-0.3, -0.25) is 9.78 Å². The average Bonchev–Trinajstić information content (AvgIpc) is 2.63. The van der Waals surface area contributed by atoms with E-state index >= 15 is 0 Å². The number of benzene rings is 2. The van der Waals surface area contributed by atoms with E-state index < -0.39 is 0 Å². The molecule has 0 aliphatic heterocycles. The number of carbonyl (C=O) groups excluding carboxylic acids is 1. The lowest BCUT2D eigenvalue weighted by molar-refractivity contribution is 0.102. The minimum Gasteiger partial charge on any atom is -0.322 e. The number of hydrogen-bond donors (Lipinski definition) is 1. The molecule has 0 saturated carbocycles. The first-order chi connectivity index (χ1) is 11.6. The summed E-state index contributed by atoms with van der Waals surface area (Å²) >= 11 is 0. The molecule has 24 heavy (non-hydrogen) atoms. The van der Waals surface area contributed by atoms with Crippen LogP contribution in [0.3, 0.4) is 0 Å². The second kappa shape index (κ2) is 7.09. The predicted octanol–water partition coefficient (Wildman–Crippen LogP) is 5.12. The lowest BCUT2D eigenvalue weighted by Gasteiger charge is -2.09. The minimum absolute atomic E-state index is 0.111. The Morgan fingerprint density at radius 3 is 2.21 bits per heavy atom. The van der Waals surface area contributed by atoms with Crippen molar-refractivity contribution in [2.75, 3.05) is 5.32 Å². The van der Waals surface area contributed by atoms with E-state index in [0.717, 1.165) is 16.9 Å². The average molecular weight is 316 g/mol. The van der Waals surface area contributed by atoms with Crippen LogP contribution in [0.25, 0.3) is 11.3 Å². The van der Waals surface area contributed by atoms with Gasteiger partial charge in [-0.1, -0.05) is 44.2 Å². The first kappa shape index (κ1) is 15.9. The Bertz CT molecular complexity index is 807. The number of anilines is 1. The Balaban J connectivity index is 1.71. The summed E-state index contributed by atoms with van der Waals surface area (Å²) < 4.78 is 0. The quantitative estimate of drug-likeness (QED) is 0.725. The molecule has 3 heteroatoms. The van der Waals surface area contributed by atoms with Crippen LogP contribution in [0.15, 0.2) is 72.9 Å². The zero-order valence-electron chi connectivity index (χ0n) is 13.9. The second-order valence-corrected chi connectivity index (χ2v) is 6.02. The molecule has 1 amide bonds. The van der Waals surface area contributed by atoms with Gasteiger partial charge in [0.15, 0.2) is 0 Å². The van der Waals surface area contributed by atoms with Crippen molar-refractivity contribution in [2.24, 2.45) is 0 Å². The van der Waals surface area contributed by atoms with Gasteiger partial charge in [0.25, 0.3) is 5.91 Å². The van der Waals surface area contributed by atoms with Crippen LogP contribution in [0, 0.1) is 0 Å². The van der Waals surface area contributed by atoms with Gasteiger partial charge in [-0.2, -0.15) is 0 Å². The molecule has 0 atom stereocenters. The fraction of sp³-hybridized carbons (Fsp3) is 0.143. The van der Waals surface area contributed by atoms with E-state index in [1.54, 1.807) is 6.20 Å². The van der Waals surface area contributed by atoms with E-state index in [2.05, 4.69) is 24.1 Å². The van der Waals surface area contributed by atoms with Gasteiger partial charge in [-0.25, -0.2) is 0 Å². The lowest BCUT2D eigenvalue weighted by atomic mass is 10.0. The molecule has 0 fully saturated rings. The fourth-order valence-electron chi connectivity index (χ4n) is 2.48. The minimum atomic E-state index is -0.111. The molecule has 1 heterocycles. The number of rotatable bonds is 4. The molecule has 0 saturated heterocycles. The van der Waals surface area contributed by atoms with Crippen molar-refractivity contribution in [3.05, 3.63) is 84.1 Å². The molecule has 0 unspecified atom stereocenters. The highest BCUT2D eigenvalue weighted by molar-refractivity contribution is 6.04. The Hall–Kier alpha value is -2.94. The maximum atomic E-state index is 12.4. The summed E-state index contributed by atoms with van der Waals surface area (Å²) in [5.74, 6) is 0.369. The third kappa shape index (κ3) is 3.69. The summed E-state index contributed by atoms with van der Waals surface area (Å²) in [7, 11) is 0. The maximum Gasteiger partial charge on any atom is 0.255 e. The fourth-order valence-corrected chi connectivity index (χ4v) is 2.48. The summed E-state index contributed by atoms with van der Waals surface area (Å²) in [6, 6.07) is 21.2. The van der Waals surface area contributed by atoms with Crippen molar-refractivity contribution in [3.8, 4) is 11.3 Å². The number of nitrogens with one attached hydrogen (secondary N) is 1. The topological polar surface area (TPSA) is 42.0 Å². The van der Waals surface area contributed by atoms with Gasteiger partial charge in [0.2, 0.25) is 0 Å². The Morgan fingerprint density at radius 1 is 0.917 bits per heavy atom. The van der Waals surface area contributed by atoms with Crippen LogP contribution in [-0.4, -0.2) is 10.9 Å². The van der Waals surface area contributed by atoms with E-state index in [4.69, 9.17) is 0 Å². The molecule has 1 N–H and O–H groups in total. The Labute approximate surface area is 142 Å². The first-order valence-electron chi connectivity index (χ1n) is 8.06. The summed E-state index contributed by atoms with van der Waals surface area (Å²) in [6.45, 7) is 4.30. The van der Waals surface area contributed by atoms with Crippen molar-refractivity contribution in [3.63, 3.8) is 0 Å². The molecule has 1 aromatic heterocycles. The first-order valence-corrected chi connectivity index (χ1v) is 8.06. The van der Waals surface area contributed by atoms with Gasteiger partial charge in [0.1, 0.15) is 0 Å². The van der Waals surface area contributed by atoms with Gasteiger partial charge in [0.05, 0.1) is 5.69 Å². The van der Waals surface area contributed by atoms with Crippen LogP contribution < -0.4 is 5.32 Å². The highest BCUT2D eigenvalue weighted by atomic mass is 16.1. The van der Waals surface area contributed by atoms with Crippen LogP contribution in [-0.2, 0) is 0 Å². The van der Waals surface area contributed by atoms with Crippen LogP contribution >= 0.6 is 0 Å². The molecule has 0 bridgehead atoms. The third-order valence-corrected chi connectivity index (χ3v) is 3.94. The molecule has 3 rings (SSSR count). The van der Waals surface area contributed by atoms with E-state index in [9.17, 15) is 4.79 Å². The van der Waals surface area contributed by atoms with E-state index in [-0.39, 0.29) is 5.91 Å². The van der Waals surface area contributed by atoms with E-state index in [0.29, 0.717) is 11.5 Å². The van der Waals surface area contributed by atoms with Crippen molar-refractivity contribution < 1.29 is 4.79 Å². The normalized spacial score (nSPS) is 10.6. The van der Waals surface area contributed by atoms with Gasteiger partial charge < -0.3 is 5.32 Å². The summed E-state index contributed by atoms with van der Waals surface area (Å²) in [5, 5.41) is 2.93. The molecule has 0 spiro atoms. The molecular formula is C21H20N2O. The van der Waals surface area contributed by atoms with E-state index in [1.165, 1.54) is 5.56 Å². The summed E-state index contributed by atoms with van der Waals surface area (Å²) in [6.07, 6.45) is 1.76. The molecule has 0 aliphatic carbocycles. The highest BCUT2D eigenvalue weighted by Gasteiger charge is 2.07. The number of carbonyl (C=O) groups is 1. The number of pyridine rings is 1. The molecule has 3 aromatic rings. The molecular weight excluding hydrogens is 296 g/mol. The summed E-state index contributed by atoms with van der Waals surface area (Å²) in [5.41, 5.74) is 4.58. The lowest BCUT2D eigenvalue weighted by Crippen LogP contribution is -2.11. The number of amides is 1. The van der Waals surface area contributed by atoms with Crippen molar-refractivity contribution in [1.82, 2.24) is 4.98 Å². The maximum absolute atomic E-state index is 12.4. The Kier molecular flexibility index (Phi) is 4.71. The summed E-state index contributed by atoms with van der Waals surface area (Å²) in [4.78, 5) is 16.7.